The standard InChI is InChI=1S/C19H21ClN4OS2/c1-3-9-24-18(13-10-14(4-2)26-11-13)22-23-19(24)27-12-17(25)21-16-8-6-5-7-15(16)20/h5-8,10-11H,3-4,9,12H2,1-2H3,(H,21,25). The third-order valence-electron chi connectivity index (χ3n) is 3.90. The summed E-state index contributed by atoms with van der Waals surface area (Å²) in [5, 5.41) is 14.9. The molecule has 0 bridgehead atoms. The third-order valence-corrected chi connectivity index (χ3v) is 6.28. The molecule has 1 N–H and O–H groups in total. The maximum atomic E-state index is 12.3. The Balaban J connectivity index is 1.71. The Morgan fingerprint density at radius 1 is 1.30 bits per heavy atom. The summed E-state index contributed by atoms with van der Waals surface area (Å²) >= 11 is 9.21. The maximum Gasteiger partial charge on any atom is 0.234 e. The third kappa shape index (κ3) is 4.91. The molecular formula is C19H21ClN4OS2. The Kier molecular flexibility index (Phi) is 6.93. The second-order valence-corrected chi connectivity index (χ2v) is 8.28. The zero-order valence-electron chi connectivity index (χ0n) is 15.2. The highest BCUT2D eigenvalue weighted by Crippen LogP contribution is 2.28. The average Bonchev–Trinajstić information content (AvgIpc) is 3.29. The highest BCUT2D eigenvalue weighted by atomic mass is 35.5. The molecule has 27 heavy (non-hydrogen) atoms. The first kappa shape index (κ1) is 19.9. The van der Waals surface area contributed by atoms with E-state index in [0.717, 1.165) is 35.9 Å². The van der Waals surface area contributed by atoms with Gasteiger partial charge in [0.05, 0.1) is 16.5 Å². The number of aryl methyl sites for hydroxylation is 1. The number of hydrogen-bond donors (Lipinski definition) is 1. The summed E-state index contributed by atoms with van der Waals surface area (Å²) in [6, 6.07) is 9.36. The van der Waals surface area contributed by atoms with Gasteiger partial charge in [-0.2, -0.15) is 0 Å². The predicted octanol–water partition coefficient (Wildman–Crippen LogP) is 5.36. The molecule has 5 nitrogen and oxygen atoms in total. The molecule has 0 aliphatic heterocycles. The quantitative estimate of drug-likeness (QED) is 0.498. The van der Waals surface area contributed by atoms with Gasteiger partial charge in [0, 0.05) is 22.4 Å². The van der Waals surface area contributed by atoms with Gasteiger partial charge in [0.1, 0.15) is 0 Å². The van der Waals surface area contributed by atoms with Crippen molar-refractivity contribution in [1.82, 2.24) is 14.8 Å². The molecule has 2 aromatic heterocycles. The van der Waals surface area contributed by atoms with Crippen molar-refractivity contribution in [2.75, 3.05) is 11.1 Å². The van der Waals surface area contributed by atoms with Gasteiger partial charge in [0.2, 0.25) is 5.91 Å². The average molecular weight is 421 g/mol. The van der Waals surface area contributed by atoms with E-state index in [1.807, 2.05) is 12.1 Å². The topological polar surface area (TPSA) is 59.8 Å². The molecule has 8 heteroatoms. The van der Waals surface area contributed by atoms with Gasteiger partial charge in [-0.05, 0) is 31.0 Å². The molecule has 0 spiro atoms. The Morgan fingerprint density at radius 2 is 2.11 bits per heavy atom. The molecule has 1 amide bonds. The zero-order chi connectivity index (χ0) is 19.2. The van der Waals surface area contributed by atoms with Gasteiger partial charge in [-0.3, -0.25) is 4.79 Å². The van der Waals surface area contributed by atoms with Crippen molar-refractivity contribution < 1.29 is 4.79 Å². The zero-order valence-corrected chi connectivity index (χ0v) is 17.6. The van der Waals surface area contributed by atoms with E-state index in [1.54, 1.807) is 23.5 Å². The summed E-state index contributed by atoms with van der Waals surface area (Å²) in [6.45, 7) is 5.08. The molecule has 0 unspecified atom stereocenters. The first-order chi connectivity index (χ1) is 13.1. The number of carbonyl (C=O) groups excluding carboxylic acids is 1. The SMILES string of the molecule is CCCn1c(SCC(=O)Nc2ccccc2Cl)nnc1-c1csc(CC)c1. The molecule has 0 aliphatic carbocycles. The number of thioether (sulfide) groups is 1. The fourth-order valence-corrected chi connectivity index (χ4v) is 4.36. The molecule has 1 aromatic carbocycles. The van der Waals surface area contributed by atoms with Crippen molar-refractivity contribution in [3.8, 4) is 11.4 Å². The number of para-hydroxylation sites is 1. The number of aromatic nitrogens is 3. The van der Waals surface area contributed by atoms with E-state index in [4.69, 9.17) is 11.6 Å². The number of nitrogens with zero attached hydrogens (tertiary/aromatic N) is 3. The van der Waals surface area contributed by atoms with Crippen LogP contribution in [-0.4, -0.2) is 26.4 Å². The van der Waals surface area contributed by atoms with Gasteiger partial charge in [0.15, 0.2) is 11.0 Å². The number of carbonyl (C=O) groups is 1. The first-order valence-electron chi connectivity index (χ1n) is 8.80. The molecule has 0 saturated carbocycles. The van der Waals surface area contributed by atoms with Crippen molar-refractivity contribution in [3.05, 3.63) is 45.6 Å². The van der Waals surface area contributed by atoms with Crippen LogP contribution in [0.25, 0.3) is 11.4 Å². The minimum absolute atomic E-state index is 0.121. The van der Waals surface area contributed by atoms with E-state index in [1.165, 1.54) is 16.6 Å². The number of anilines is 1. The Labute approximate surface area is 172 Å². The summed E-state index contributed by atoms with van der Waals surface area (Å²) in [6.07, 6.45) is 1.98. The van der Waals surface area contributed by atoms with Crippen LogP contribution in [0.1, 0.15) is 25.1 Å². The van der Waals surface area contributed by atoms with Crippen molar-refractivity contribution in [2.45, 2.75) is 38.4 Å². The number of amides is 1. The van der Waals surface area contributed by atoms with Gasteiger partial charge in [-0.1, -0.05) is 49.3 Å². The lowest BCUT2D eigenvalue weighted by atomic mass is 10.2. The fourth-order valence-electron chi connectivity index (χ4n) is 2.60. The van der Waals surface area contributed by atoms with Crippen molar-refractivity contribution in [2.24, 2.45) is 0 Å². The monoisotopic (exact) mass is 420 g/mol. The minimum Gasteiger partial charge on any atom is -0.324 e. The summed E-state index contributed by atoms with van der Waals surface area (Å²) < 4.78 is 2.09. The largest absolute Gasteiger partial charge is 0.324 e. The van der Waals surface area contributed by atoms with Crippen molar-refractivity contribution in [1.29, 1.82) is 0 Å². The fraction of sp³-hybridized carbons (Fsp3) is 0.316. The van der Waals surface area contributed by atoms with E-state index >= 15 is 0 Å². The molecule has 0 fully saturated rings. The number of thiophene rings is 1. The van der Waals surface area contributed by atoms with Gasteiger partial charge in [0.25, 0.3) is 0 Å². The predicted molar refractivity (Wildman–Crippen MR) is 114 cm³/mol. The molecule has 0 aliphatic rings. The number of benzene rings is 1. The lowest BCUT2D eigenvalue weighted by Gasteiger charge is -2.09. The number of rotatable bonds is 8. The molecule has 3 rings (SSSR count). The van der Waals surface area contributed by atoms with Crippen LogP contribution < -0.4 is 5.32 Å². The van der Waals surface area contributed by atoms with E-state index in [9.17, 15) is 4.79 Å². The molecule has 0 atom stereocenters. The van der Waals surface area contributed by atoms with Gasteiger partial charge < -0.3 is 9.88 Å². The van der Waals surface area contributed by atoms with Crippen LogP contribution in [0.2, 0.25) is 5.02 Å². The molecule has 3 aromatic rings. The summed E-state index contributed by atoms with van der Waals surface area (Å²) in [7, 11) is 0. The molecular weight excluding hydrogens is 400 g/mol. The first-order valence-corrected chi connectivity index (χ1v) is 11.0. The van der Waals surface area contributed by atoms with Crippen molar-refractivity contribution >= 4 is 46.3 Å². The highest BCUT2D eigenvalue weighted by Gasteiger charge is 2.16. The lowest BCUT2D eigenvalue weighted by Crippen LogP contribution is -2.15. The smallest absolute Gasteiger partial charge is 0.234 e. The summed E-state index contributed by atoms with van der Waals surface area (Å²) in [4.78, 5) is 13.6. The maximum absolute atomic E-state index is 12.3. The van der Waals surface area contributed by atoms with Crippen LogP contribution in [0, 0.1) is 0 Å². The summed E-state index contributed by atoms with van der Waals surface area (Å²) in [5.41, 5.74) is 1.70. The van der Waals surface area contributed by atoms with Gasteiger partial charge in [-0.15, -0.1) is 21.5 Å². The van der Waals surface area contributed by atoms with Crippen LogP contribution in [0.15, 0.2) is 40.9 Å². The van der Waals surface area contributed by atoms with Gasteiger partial charge in [-0.25, -0.2) is 0 Å². The van der Waals surface area contributed by atoms with Crippen LogP contribution in [0.5, 0.6) is 0 Å². The van der Waals surface area contributed by atoms with Crippen molar-refractivity contribution in [3.63, 3.8) is 0 Å². The molecule has 142 valence electrons. The van der Waals surface area contributed by atoms with E-state index < -0.39 is 0 Å². The Bertz CT molecular complexity index is 922. The van der Waals surface area contributed by atoms with E-state index in [-0.39, 0.29) is 11.7 Å². The van der Waals surface area contributed by atoms with Crippen LogP contribution in [0.3, 0.4) is 0 Å². The lowest BCUT2D eigenvalue weighted by molar-refractivity contribution is -0.113. The van der Waals surface area contributed by atoms with Crippen LogP contribution >= 0.6 is 34.7 Å². The Morgan fingerprint density at radius 3 is 2.81 bits per heavy atom. The number of halogens is 1. The minimum atomic E-state index is -0.121. The number of hydrogen-bond acceptors (Lipinski definition) is 5. The van der Waals surface area contributed by atoms with E-state index in [0.29, 0.717) is 10.7 Å². The molecule has 0 radical (unpaired) electrons. The number of nitrogens with one attached hydrogen (secondary N) is 1. The summed E-state index contributed by atoms with van der Waals surface area (Å²) in [5.74, 6) is 0.989. The van der Waals surface area contributed by atoms with Crippen LogP contribution in [0.4, 0.5) is 5.69 Å². The second kappa shape index (κ2) is 9.39. The second-order valence-electron chi connectivity index (χ2n) is 5.93. The molecule has 2 heterocycles. The van der Waals surface area contributed by atoms with Gasteiger partial charge >= 0.3 is 0 Å². The van der Waals surface area contributed by atoms with E-state index in [2.05, 4.69) is 45.4 Å². The molecule has 0 saturated heterocycles. The highest BCUT2D eigenvalue weighted by molar-refractivity contribution is 7.99. The van der Waals surface area contributed by atoms with Crippen LogP contribution in [-0.2, 0) is 17.8 Å². The Hall–Kier alpha value is -1.83. The normalized spacial score (nSPS) is 10.9.